The zero-order chi connectivity index (χ0) is 20.1. The molecule has 2 N–H and O–H groups in total. The number of sulfonamides is 1. The van der Waals surface area contributed by atoms with Gasteiger partial charge >= 0.3 is 0 Å². The van der Waals surface area contributed by atoms with Gasteiger partial charge in [0.25, 0.3) is 0 Å². The lowest BCUT2D eigenvalue weighted by Gasteiger charge is -2.41. The Hall–Kier alpha value is -1.93. The van der Waals surface area contributed by atoms with Gasteiger partial charge in [-0.15, -0.1) is 0 Å². The van der Waals surface area contributed by atoms with Crippen LogP contribution in [0.15, 0.2) is 29.2 Å². The SMILES string of the molecule is Cc1ccc(S(=O)(=O)NCC(=O)NCC(=O)N2CC[C@@H]3CCCC[C@@H]3C2)cc1. The number of hydrogen-bond acceptors (Lipinski definition) is 4. The van der Waals surface area contributed by atoms with Crippen molar-refractivity contribution in [2.24, 2.45) is 11.8 Å². The first kappa shape index (κ1) is 20.8. The Morgan fingerprint density at radius 2 is 1.71 bits per heavy atom. The number of nitrogens with zero attached hydrogens (tertiary/aromatic N) is 1. The van der Waals surface area contributed by atoms with E-state index < -0.39 is 22.5 Å². The van der Waals surface area contributed by atoms with Crippen LogP contribution in [0.25, 0.3) is 0 Å². The molecule has 28 heavy (non-hydrogen) atoms. The highest BCUT2D eigenvalue weighted by molar-refractivity contribution is 7.89. The predicted octanol–water partition coefficient (Wildman–Crippen LogP) is 1.43. The maximum atomic E-state index is 12.4. The van der Waals surface area contributed by atoms with Crippen molar-refractivity contribution in [3.8, 4) is 0 Å². The minimum atomic E-state index is -3.75. The van der Waals surface area contributed by atoms with Gasteiger partial charge in [-0.3, -0.25) is 9.59 Å². The highest BCUT2D eigenvalue weighted by Crippen LogP contribution is 2.35. The van der Waals surface area contributed by atoms with Crippen molar-refractivity contribution in [2.75, 3.05) is 26.2 Å². The summed E-state index contributed by atoms with van der Waals surface area (Å²) in [5.41, 5.74) is 0.951. The summed E-state index contributed by atoms with van der Waals surface area (Å²) in [5, 5.41) is 2.53. The lowest BCUT2D eigenvalue weighted by molar-refractivity contribution is -0.135. The smallest absolute Gasteiger partial charge is 0.241 e. The number of aryl methyl sites for hydroxylation is 1. The second-order valence-corrected chi connectivity index (χ2v) is 9.61. The minimum Gasteiger partial charge on any atom is -0.346 e. The molecule has 0 spiro atoms. The maximum Gasteiger partial charge on any atom is 0.241 e. The van der Waals surface area contributed by atoms with E-state index in [4.69, 9.17) is 0 Å². The first-order chi connectivity index (χ1) is 13.3. The van der Waals surface area contributed by atoms with Gasteiger partial charge in [-0.25, -0.2) is 13.1 Å². The van der Waals surface area contributed by atoms with Crippen molar-refractivity contribution in [3.63, 3.8) is 0 Å². The number of nitrogens with one attached hydrogen (secondary N) is 2. The molecule has 1 aliphatic carbocycles. The third-order valence-electron chi connectivity index (χ3n) is 5.83. The first-order valence-electron chi connectivity index (χ1n) is 9.96. The normalized spacial score (nSPS) is 22.4. The van der Waals surface area contributed by atoms with Crippen LogP contribution in [0.2, 0.25) is 0 Å². The summed E-state index contributed by atoms with van der Waals surface area (Å²) in [4.78, 5) is 26.3. The highest BCUT2D eigenvalue weighted by atomic mass is 32.2. The van der Waals surface area contributed by atoms with Crippen LogP contribution >= 0.6 is 0 Å². The summed E-state index contributed by atoms with van der Waals surface area (Å²) in [6.07, 6.45) is 6.03. The number of carbonyl (C=O) groups is 2. The van der Waals surface area contributed by atoms with Gasteiger partial charge in [0.05, 0.1) is 18.0 Å². The van der Waals surface area contributed by atoms with E-state index in [0.717, 1.165) is 31.0 Å². The van der Waals surface area contributed by atoms with E-state index in [1.807, 2.05) is 11.8 Å². The molecular weight excluding hydrogens is 378 g/mol. The first-order valence-corrected chi connectivity index (χ1v) is 11.4. The molecule has 2 aliphatic rings. The van der Waals surface area contributed by atoms with Gasteiger partial charge in [-0.2, -0.15) is 0 Å². The average molecular weight is 408 g/mol. The summed E-state index contributed by atoms with van der Waals surface area (Å²) in [6, 6.07) is 6.38. The lowest BCUT2D eigenvalue weighted by atomic mass is 9.75. The Morgan fingerprint density at radius 3 is 2.43 bits per heavy atom. The molecule has 0 unspecified atom stereocenters. The summed E-state index contributed by atoms with van der Waals surface area (Å²) >= 11 is 0. The van der Waals surface area contributed by atoms with Crippen LogP contribution in [-0.2, 0) is 19.6 Å². The number of carbonyl (C=O) groups excluding carboxylic acids is 2. The quantitative estimate of drug-likeness (QED) is 0.746. The Morgan fingerprint density at radius 1 is 1.04 bits per heavy atom. The molecule has 154 valence electrons. The molecule has 2 fully saturated rings. The third-order valence-corrected chi connectivity index (χ3v) is 7.25. The monoisotopic (exact) mass is 407 g/mol. The fraction of sp³-hybridized carbons (Fsp3) is 0.600. The molecular formula is C20H29N3O4S. The van der Waals surface area contributed by atoms with Gasteiger partial charge in [0, 0.05) is 13.1 Å². The van der Waals surface area contributed by atoms with E-state index in [1.54, 1.807) is 12.1 Å². The molecule has 0 aromatic heterocycles. The number of likely N-dealkylation sites (tertiary alicyclic amines) is 1. The van der Waals surface area contributed by atoms with E-state index in [2.05, 4.69) is 10.0 Å². The fourth-order valence-corrected chi connectivity index (χ4v) is 5.12. The van der Waals surface area contributed by atoms with Crippen molar-refractivity contribution >= 4 is 21.8 Å². The molecule has 1 aromatic carbocycles. The van der Waals surface area contributed by atoms with Crippen LogP contribution in [-0.4, -0.2) is 51.3 Å². The molecule has 1 aliphatic heterocycles. The Balaban J connectivity index is 1.42. The van der Waals surface area contributed by atoms with Gasteiger partial charge < -0.3 is 10.2 Å². The number of amides is 2. The van der Waals surface area contributed by atoms with Crippen molar-refractivity contribution in [3.05, 3.63) is 29.8 Å². The standard InChI is InChI=1S/C20H29N3O4S/c1-15-6-8-18(9-7-15)28(26,27)22-12-19(24)21-13-20(25)23-11-10-16-4-2-3-5-17(16)14-23/h6-9,16-17,22H,2-5,10-14H2,1H3,(H,21,24)/t16-,17+/m0/s1. The van der Waals surface area contributed by atoms with E-state index in [0.29, 0.717) is 5.92 Å². The molecule has 3 rings (SSSR count). The van der Waals surface area contributed by atoms with Crippen LogP contribution in [0.1, 0.15) is 37.7 Å². The largest absolute Gasteiger partial charge is 0.346 e. The summed E-state index contributed by atoms with van der Waals surface area (Å²) < 4.78 is 26.7. The van der Waals surface area contributed by atoms with Crippen molar-refractivity contribution in [2.45, 2.75) is 43.9 Å². The molecule has 8 heteroatoms. The Bertz CT molecular complexity index is 807. The van der Waals surface area contributed by atoms with Gasteiger partial charge in [-0.1, -0.05) is 37.0 Å². The van der Waals surface area contributed by atoms with Gasteiger partial charge in [0.15, 0.2) is 0 Å². The minimum absolute atomic E-state index is 0.0948. The number of benzene rings is 1. The van der Waals surface area contributed by atoms with E-state index in [9.17, 15) is 18.0 Å². The van der Waals surface area contributed by atoms with E-state index >= 15 is 0 Å². The number of fused-ring (bicyclic) bond motifs is 1. The Labute approximate surface area is 166 Å². The van der Waals surface area contributed by atoms with Crippen molar-refractivity contribution in [1.82, 2.24) is 14.9 Å². The highest BCUT2D eigenvalue weighted by Gasteiger charge is 2.32. The zero-order valence-electron chi connectivity index (χ0n) is 16.3. The van der Waals surface area contributed by atoms with Gasteiger partial charge in [-0.05, 0) is 43.7 Å². The molecule has 1 heterocycles. The van der Waals surface area contributed by atoms with Gasteiger partial charge in [0.2, 0.25) is 21.8 Å². The molecule has 0 bridgehead atoms. The third kappa shape index (κ3) is 5.32. The van der Waals surface area contributed by atoms with Crippen molar-refractivity contribution < 1.29 is 18.0 Å². The van der Waals surface area contributed by atoms with Crippen LogP contribution in [0, 0.1) is 18.8 Å². The van der Waals surface area contributed by atoms with Crippen LogP contribution in [0.5, 0.6) is 0 Å². The van der Waals surface area contributed by atoms with E-state index in [1.165, 1.54) is 37.8 Å². The summed E-state index contributed by atoms with van der Waals surface area (Å²) in [7, 11) is -3.75. The topological polar surface area (TPSA) is 95.6 Å². The maximum absolute atomic E-state index is 12.4. The number of piperidine rings is 1. The summed E-state index contributed by atoms with van der Waals surface area (Å²) in [6.45, 7) is 2.90. The molecule has 2 atom stereocenters. The van der Waals surface area contributed by atoms with E-state index in [-0.39, 0.29) is 17.3 Å². The van der Waals surface area contributed by atoms with Crippen molar-refractivity contribution in [1.29, 1.82) is 0 Å². The van der Waals surface area contributed by atoms with Crippen LogP contribution in [0.3, 0.4) is 0 Å². The fourth-order valence-electron chi connectivity index (χ4n) is 4.14. The zero-order valence-corrected chi connectivity index (χ0v) is 17.1. The number of hydrogen-bond donors (Lipinski definition) is 2. The second-order valence-electron chi connectivity index (χ2n) is 7.85. The number of rotatable bonds is 6. The molecule has 0 radical (unpaired) electrons. The molecule has 2 amide bonds. The molecule has 1 aromatic rings. The van der Waals surface area contributed by atoms with Crippen LogP contribution in [0.4, 0.5) is 0 Å². The Kier molecular flexibility index (Phi) is 6.72. The summed E-state index contributed by atoms with van der Waals surface area (Å²) in [5.74, 6) is 0.711. The average Bonchev–Trinajstić information content (AvgIpc) is 2.70. The molecule has 1 saturated carbocycles. The predicted molar refractivity (Wildman–Crippen MR) is 106 cm³/mol. The molecule has 7 nitrogen and oxygen atoms in total. The molecule has 1 saturated heterocycles. The second kappa shape index (κ2) is 9.05. The lowest BCUT2D eigenvalue weighted by Crippen LogP contribution is -2.49. The van der Waals surface area contributed by atoms with Gasteiger partial charge in [0.1, 0.15) is 0 Å². The van der Waals surface area contributed by atoms with Crippen LogP contribution < -0.4 is 10.0 Å².